The maximum absolute atomic E-state index is 12.8. The summed E-state index contributed by atoms with van der Waals surface area (Å²) in [5.41, 5.74) is 0.800. The lowest BCUT2D eigenvalue weighted by molar-refractivity contribution is -0.122. The Morgan fingerprint density at radius 1 is 0.971 bits per heavy atom. The first-order valence-corrected chi connectivity index (χ1v) is 10.7. The van der Waals surface area contributed by atoms with E-state index in [-0.39, 0.29) is 29.2 Å². The van der Waals surface area contributed by atoms with Gasteiger partial charge in [-0.05, 0) is 43.2 Å². The molecular weight excluding hydrogens is 440 g/mol. The van der Waals surface area contributed by atoms with Gasteiger partial charge in [0.05, 0.1) is 43.0 Å². The van der Waals surface area contributed by atoms with E-state index in [1.165, 1.54) is 26.4 Å². The molecule has 9 heteroatoms. The van der Waals surface area contributed by atoms with Crippen LogP contribution in [0.1, 0.15) is 23.2 Å². The van der Waals surface area contributed by atoms with Crippen molar-refractivity contribution in [1.82, 2.24) is 0 Å². The summed E-state index contributed by atoms with van der Waals surface area (Å²) in [6.07, 6.45) is 4.88. The minimum Gasteiger partial charge on any atom is -0.497 e. The van der Waals surface area contributed by atoms with Crippen molar-refractivity contribution < 1.29 is 33.4 Å². The van der Waals surface area contributed by atoms with Crippen LogP contribution in [0.25, 0.3) is 0 Å². The molecule has 2 atom stereocenters. The quantitative estimate of drug-likeness (QED) is 0.381. The second kappa shape index (κ2) is 9.78. The third-order valence-corrected chi connectivity index (χ3v) is 5.86. The average molecular weight is 464 g/mol. The van der Waals surface area contributed by atoms with Gasteiger partial charge in [0.25, 0.3) is 5.91 Å². The highest BCUT2D eigenvalue weighted by Crippen LogP contribution is 2.37. The maximum atomic E-state index is 12.8. The number of esters is 1. The Kier molecular flexibility index (Phi) is 6.62. The molecule has 1 N–H and O–H groups in total. The summed E-state index contributed by atoms with van der Waals surface area (Å²) in [6, 6.07) is 11.0. The molecule has 0 aromatic heterocycles. The Labute approximate surface area is 196 Å². The van der Waals surface area contributed by atoms with Gasteiger partial charge in [0.15, 0.2) is 6.61 Å². The molecule has 3 amide bonds. The first kappa shape index (κ1) is 23.0. The Hall–Kier alpha value is -4.14. The maximum Gasteiger partial charge on any atom is 0.338 e. The third kappa shape index (κ3) is 4.50. The van der Waals surface area contributed by atoms with Crippen LogP contribution < -0.4 is 19.7 Å². The molecule has 1 aliphatic carbocycles. The fraction of sp³-hybridized carbons (Fsp3) is 0.280. The first-order valence-electron chi connectivity index (χ1n) is 10.7. The molecule has 0 spiro atoms. The zero-order valence-electron chi connectivity index (χ0n) is 18.8. The topological polar surface area (TPSA) is 111 Å². The number of hydrogen-bond acceptors (Lipinski definition) is 7. The predicted molar refractivity (Wildman–Crippen MR) is 123 cm³/mol. The Morgan fingerprint density at radius 2 is 1.68 bits per heavy atom. The number of methoxy groups -OCH3 is 2. The van der Waals surface area contributed by atoms with E-state index in [4.69, 9.17) is 14.2 Å². The number of hydrogen-bond donors (Lipinski definition) is 1. The number of ether oxygens (including phenoxy) is 3. The standard InChI is InChI=1S/C25H24N2O7/c1-32-17-10-11-21(33-2)20(13-17)26-22(28)14-34-25(31)15-6-5-7-16(12-15)27-23(29)18-8-3-4-9-19(18)24(27)30/h3-7,10-13,18-19H,8-9,14H2,1-2H3,(H,26,28)/t18-,19-/m0/s1. The van der Waals surface area contributed by atoms with Crippen molar-refractivity contribution >= 4 is 35.1 Å². The van der Waals surface area contributed by atoms with Gasteiger partial charge in [-0.1, -0.05) is 18.2 Å². The Bertz CT molecular complexity index is 1150. The van der Waals surface area contributed by atoms with Crippen LogP contribution in [0.15, 0.2) is 54.6 Å². The van der Waals surface area contributed by atoms with E-state index in [0.717, 1.165) is 4.90 Å². The van der Waals surface area contributed by atoms with Gasteiger partial charge in [0.2, 0.25) is 11.8 Å². The first-order chi connectivity index (χ1) is 16.4. The highest BCUT2D eigenvalue weighted by molar-refractivity contribution is 6.22. The van der Waals surface area contributed by atoms with Crippen molar-refractivity contribution in [3.05, 3.63) is 60.2 Å². The molecule has 0 radical (unpaired) electrons. The van der Waals surface area contributed by atoms with Crippen LogP contribution in [0.3, 0.4) is 0 Å². The van der Waals surface area contributed by atoms with Gasteiger partial charge < -0.3 is 19.5 Å². The molecule has 2 aromatic rings. The Morgan fingerprint density at radius 3 is 2.32 bits per heavy atom. The molecule has 1 heterocycles. The number of carbonyl (C=O) groups excluding carboxylic acids is 4. The SMILES string of the molecule is COc1ccc(OC)c(NC(=O)COC(=O)c2cccc(N3C(=O)[C@H]4CC=CC[C@@H]4C3=O)c2)c1. The zero-order valence-corrected chi connectivity index (χ0v) is 18.8. The zero-order chi connectivity index (χ0) is 24.2. The minimum atomic E-state index is -0.757. The van der Waals surface area contributed by atoms with Gasteiger partial charge in [0.1, 0.15) is 11.5 Å². The normalized spacial score (nSPS) is 18.9. The molecule has 34 heavy (non-hydrogen) atoms. The summed E-state index contributed by atoms with van der Waals surface area (Å²) < 4.78 is 15.5. The van der Waals surface area contributed by atoms with E-state index in [2.05, 4.69) is 5.32 Å². The van der Waals surface area contributed by atoms with Crippen LogP contribution in [0.5, 0.6) is 11.5 Å². The van der Waals surface area contributed by atoms with Gasteiger partial charge in [-0.3, -0.25) is 19.3 Å². The van der Waals surface area contributed by atoms with Crippen LogP contribution in [-0.2, 0) is 19.1 Å². The van der Waals surface area contributed by atoms with E-state index in [9.17, 15) is 19.2 Å². The number of fused-ring (bicyclic) bond motifs is 1. The molecule has 4 rings (SSSR count). The van der Waals surface area contributed by atoms with Gasteiger partial charge in [-0.2, -0.15) is 0 Å². The molecule has 0 saturated carbocycles. The lowest BCUT2D eigenvalue weighted by Crippen LogP contribution is -2.31. The number of nitrogens with one attached hydrogen (secondary N) is 1. The van der Waals surface area contributed by atoms with E-state index in [1.807, 2.05) is 12.2 Å². The van der Waals surface area contributed by atoms with Crippen LogP contribution in [-0.4, -0.2) is 44.5 Å². The molecule has 0 bridgehead atoms. The van der Waals surface area contributed by atoms with Crippen LogP contribution in [0, 0.1) is 11.8 Å². The number of nitrogens with zero attached hydrogens (tertiary/aromatic N) is 1. The number of anilines is 2. The fourth-order valence-corrected chi connectivity index (χ4v) is 4.14. The molecular formula is C25H24N2O7. The number of rotatable bonds is 7. The van der Waals surface area contributed by atoms with Gasteiger partial charge in [0, 0.05) is 6.07 Å². The third-order valence-electron chi connectivity index (χ3n) is 5.86. The number of amides is 3. The number of imide groups is 1. The lowest BCUT2D eigenvalue weighted by Gasteiger charge is -2.16. The molecule has 0 unspecified atom stereocenters. The van der Waals surface area contributed by atoms with Crippen molar-refractivity contribution in [2.45, 2.75) is 12.8 Å². The number of benzene rings is 2. The molecule has 1 aliphatic heterocycles. The summed E-state index contributed by atoms with van der Waals surface area (Å²) >= 11 is 0. The molecule has 1 saturated heterocycles. The summed E-state index contributed by atoms with van der Waals surface area (Å²) in [5.74, 6) is -1.66. The molecule has 9 nitrogen and oxygen atoms in total. The van der Waals surface area contributed by atoms with Crippen molar-refractivity contribution in [3.8, 4) is 11.5 Å². The predicted octanol–water partition coefficient (Wildman–Crippen LogP) is 2.95. The summed E-state index contributed by atoms with van der Waals surface area (Å²) in [7, 11) is 2.96. The molecule has 2 aliphatic rings. The van der Waals surface area contributed by atoms with Gasteiger partial charge in [-0.15, -0.1) is 0 Å². The van der Waals surface area contributed by atoms with Crippen molar-refractivity contribution in [3.63, 3.8) is 0 Å². The second-order valence-electron chi connectivity index (χ2n) is 7.91. The van der Waals surface area contributed by atoms with Gasteiger partial charge >= 0.3 is 5.97 Å². The number of allylic oxidation sites excluding steroid dienone is 2. The van der Waals surface area contributed by atoms with E-state index < -0.39 is 18.5 Å². The van der Waals surface area contributed by atoms with Crippen molar-refractivity contribution in [1.29, 1.82) is 0 Å². The average Bonchev–Trinajstić information content (AvgIpc) is 3.12. The van der Waals surface area contributed by atoms with Crippen LogP contribution in [0.4, 0.5) is 11.4 Å². The molecule has 176 valence electrons. The lowest BCUT2D eigenvalue weighted by atomic mass is 9.85. The summed E-state index contributed by atoms with van der Waals surface area (Å²) in [4.78, 5) is 51.6. The molecule has 1 fully saturated rings. The Balaban J connectivity index is 1.41. The minimum absolute atomic E-state index is 0.123. The van der Waals surface area contributed by atoms with Crippen LogP contribution in [0.2, 0.25) is 0 Å². The monoisotopic (exact) mass is 464 g/mol. The van der Waals surface area contributed by atoms with E-state index in [1.54, 1.807) is 30.3 Å². The van der Waals surface area contributed by atoms with E-state index in [0.29, 0.717) is 35.7 Å². The second-order valence-corrected chi connectivity index (χ2v) is 7.91. The summed E-state index contributed by atoms with van der Waals surface area (Å²) in [6.45, 7) is -0.541. The van der Waals surface area contributed by atoms with E-state index >= 15 is 0 Å². The summed E-state index contributed by atoms with van der Waals surface area (Å²) in [5, 5.41) is 2.61. The number of carbonyl (C=O) groups is 4. The van der Waals surface area contributed by atoms with Crippen molar-refractivity contribution in [2.75, 3.05) is 31.0 Å². The van der Waals surface area contributed by atoms with Crippen LogP contribution >= 0.6 is 0 Å². The largest absolute Gasteiger partial charge is 0.497 e. The highest BCUT2D eigenvalue weighted by Gasteiger charge is 2.47. The fourth-order valence-electron chi connectivity index (χ4n) is 4.14. The van der Waals surface area contributed by atoms with Crippen molar-refractivity contribution in [2.24, 2.45) is 11.8 Å². The highest BCUT2D eigenvalue weighted by atomic mass is 16.5. The molecule has 2 aromatic carbocycles. The van der Waals surface area contributed by atoms with Gasteiger partial charge in [-0.25, -0.2) is 4.79 Å². The smallest absolute Gasteiger partial charge is 0.338 e.